The van der Waals surface area contributed by atoms with Crippen LogP contribution < -0.4 is 5.32 Å². The van der Waals surface area contributed by atoms with Crippen LogP contribution in [0.1, 0.15) is 12.6 Å². The van der Waals surface area contributed by atoms with Gasteiger partial charge in [0.1, 0.15) is 11.5 Å². The van der Waals surface area contributed by atoms with Crippen molar-refractivity contribution >= 4 is 11.4 Å². The Morgan fingerprint density at radius 1 is 1.42 bits per heavy atom. The third-order valence-corrected chi connectivity index (χ3v) is 2.88. The number of aromatic nitrogens is 1. The van der Waals surface area contributed by atoms with E-state index in [4.69, 9.17) is 0 Å². The number of nitro benzene ring substituents is 1. The van der Waals surface area contributed by atoms with Crippen LogP contribution in [0, 0.1) is 15.9 Å². The molecule has 1 heterocycles. The van der Waals surface area contributed by atoms with E-state index in [1.54, 1.807) is 0 Å². The summed E-state index contributed by atoms with van der Waals surface area (Å²) in [7, 11) is 0. The molecule has 2 aromatic rings. The van der Waals surface area contributed by atoms with E-state index in [-0.39, 0.29) is 5.69 Å². The summed E-state index contributed by atoms with van der Waals surface area (Å²) in [4.78, 5) is 10.3. The van der Waals surface area contributed by atoms with Crippen molar-refractivity contribution < 1.29 is 9.31 Å². The summed E-state index contributed by atoms with van der Waals surface area (Å²) in [6.45, 7) is 3.30. The van der Waals surface area contributed by atoms with Gasteiger partial charge in [-0.2, -0.15) is 0 Å². The first-order valence-electron chi connectivity index (χ1n) is 5.93. The van der Waals surface area contributed by atoms with E-state index in [9.17, 15) is 14.5 Å². The number of nitro groups is 1. The Bertz CT molecular complexity index is 595. The third-order valence-electron chi connectivity index (χ3n) is 2.88. The Hall–Kier alpha value is -2.37. The Labute approximate surface area is 109 Å². The van der Waals surface area contributed by atoms with Gasteiger partial charge in [-0.05, 0) is 31.2 Å². The second-order valence-corrected chi connectivity index (χ2v) is 4.06. The van der Waals surface area contributed by atoms with Gasteiger partial charge in [0.25, 0.3) is 5.69 Å². The lowest BCUT2D eigenvalue weighted by Crippen LogP contribution is -2.07. The number of nitrogens with zero attached hydrogens (tertiary/aromatic N) is 2. The van der Waals surface area contributed by atoms with Crippen LogP contribution >= 0.6 is 0 Å². The number of benzene rings is 1. The minimum Gasteiger partial charge on any atom is -0.374 e. The van der Waals surface area contributed by atoms with Gasteiger partial charge in [-0.15, -0.1) is 0 Å². The van der Waals surface area contributed by atoms with Crippen LogP contribution in [0.3, 0.4) is 0 Å². The highest BCUT2D eigenvalue weighted by Gasteiger charge is 2.14. The average molecular weight is 263 g/mol. The number of anilines is 1. The zero-order valence-corrected chi connectivity index (χ0v) is 10.5. The second kappa shape index (κ2) is 5.51. The first-order chi connectivity index (χ1) is 9.11. The van der Waals surface area contributed by atoms with Crippen LogP contribution in [0.5, 0.6) is 0 Å². The van der Waals surface area contributed by atoms with Gasteiger partial charge >= 0.3 is 0 Å². The zero-order chi connectivity index (χ0) is 13.8. The third kappa shape index (κ3) is 2.90. The highest BCUT2D eigenvalue weighted by Crippen LogP contribution is 2.25. The fourth-order valence-electron chi connectivity index (χ4n) is 1.91. The van der Waals surface area contributed by atoms with Crippen LogP contribution in [0.15, 0.2) is 36.5 Å². The molecule has 0 amide bonds. The fraction of sp³-hybridized carbons (Fsp3) is 0.231. The van der Waals surface area contributed by atoms with Crippen LogP contribution in [0.2, 0.25) is 0 Å². The van der Waals surface area contributed by atoms with Gasteiger partial charge in [0.2, 0.25) is 0 Å². The average Bonchev–Trinajstić information content (AvgIpc) is 2.84. The molecular formula is C13H14FN3O2. The molecule has 0 aliphatic carbocycles. The SMILES string of the molecule is CCn1cccc1CNc1ccc(F)cc1[N+](=O)[O-]. The van der Waals surface area contributed by atoms with Crippen molar-refractivity contribution in [3.63, 3.8) is 0 Å². The number of halogens is 1. The van der Waals surface area contributed by atoms with Crippen molar-refractivity contribution in [2.24, 2.45) is 0 Å². The molecule has 19 heavy (non-hydrogen) atoms. The first kappa shape index (κ1) is 13.1. The molecule has 2 rings (SSSR count). The number of hydrogen-bond donors (Lipinski definition) is 1. The second-order valence-electron chi connectivity index (χ2n) is 4.06. The van der Waals surface area contributed by atoms with Crippen LogP contribution in [-0.4, -0.2) is 9.49 Å². The molecule has 0 saturated carbocycles. The standard InChI is InChI=1S/C13H14FN3O2/c1-2-16-7-3-4-11(16)9-15-12-6-5-10(14)8-13(12)17(18)19/h3-8,15H,2,9H2,1H3. The topological polar surface area (TPSA) is 60.1 Å². The lowest BCUT2D eigenvalue weighted by atomic mass is 10.2. The Balaban J connectivity index is 2.18. The maximum absolute atomic E-state index is 13.0. The van der Waals surface area contributed by atoms with E-state index < -0.39 is 10.7 Å². The predicted octanol–water partition coefficient (Wildman–Crippen LogP) is 3.17. The van der Waals surface area contributed by atoms with Crippen LogP contribution in [0.25, 0.3) is 0 Å². The lowest BCUT2D eigenvalue weighted by Gasteiger charge is -2.09. The number of aryl methyl sites for hydroxylation is 1. The smallest absolute Gasteiger partial charge is 0.295 e. The fourth-order valence-corrected chi connectivity index (χ4v) is 1.91. The summed E-state index contributed by atoms with van der Waals surface area (Å²) in [5.41, 5.74) is 1.07. The Morgan fingerprint density at radius 2 is 2.21 bits per heavy atom. The van der Waals surface area contributed by atoms with E-state index in [0.717, 1.165) is 18.3 Å². The molecular weight excluding hydrogens is 249 g/mol. The van der Waals surface area contributed by atoms with E-state index in [1.165, 1.54) is 12.1 Å². The first-order valence-corrected chi connectivity index (χ1v) is 5.93. The molecule has 0 aliphatic heterocycles. The van der Waals surface area contributed by atoms with E-state index in [1.807, 2.05) is 29.8 Å². The molecule has 0 radical (unpaired) electrons. The highest BCUT2D eigenvalue weighted by molar-refractivity contribution is 5.61. The van der Waals surface area contributed by atoms with Crippen LogP contribution in [0.4, 0.5) is 15.8 Å². The van der Waals surface area contributed by atoms with E-state index in [2.05, 4.69) is 5.32 Å². The van der Waals surface area contributed by atoms with Gasteiger partial charge in [0.05, 0.1) is 17.5 Å². The van der Waals surface area contributed by atoms with Gasteiger partial charge in [0, 0.05) is 18.4 Å². The van der Waals surface area contributed by atoms with Crippen molar-refractivity contribution in [1.29, 1.82) is 0 Å². The van der Waals surface area contributed by atoms with Gasteiger partial charge in [0.15, 0.2) is 0 Å². The zero-order valence-electron chi connectivity index (χ0n) is 10.5. The predicted molar refractivity (Wildman–Crippen MR) is 70.5 cm³/mol. The van der Waals surface area contributed by atoms with Crippen molar-refractivity contribution in [2.45, 2.75) is 20.0 Å². The molecule has 0 saturated heterocycles. The largest absolute Gasteiger partial charge is 0.374 e. The Kier molecular flexibility index (Phi) is 3.79. The lowest BCUT2D eigenvalue weighted by molar-refractivity contribution is -0.384. The minimum atomic E-state index is -0.616. The van der Waals surface area contributed by atoms with Gasteiger partial charge in [-0.3, -0.25) is 10.1 Å². The molecule has 0 unspecified atom stereocenters. The van der Waals surface area contributed by atoms with Crippen molar-refractivity contribution in [1.82, 2.24) is 4.57 Å². The Morgan fingerprint density at radius 3 is 2.89 bits per heavy atom. The molecule has 0 fully saturated rings. The van der Waals surface area contributed by atoms with Crippen molar-refractivity contribution in [3.05, 3.63) is 58.2 Å². The summed E-state index contributed by atoms with van der Waals surface area (Å²) < 4.78 is 15.0. The van der Waals surface area contributed by atoms with Gasteiger partial charge in [-0.25, -0.2) is 4.39 Å². The molecule has 1 aromatic heterocycles. The summed E-state index contributed by atoms with van der Waals surface area (Å²) in [6, 6.07) is 7.35. The highest BCUT2D eigenvalue weighted by atomic mass is 19.1. The quantitative estimate of drug-likeness (QED) is 0.665. The molecule has 5 nitrogen and oxygen atoms in total. The van der Waals surface area contributed by atoms with Gasteiger partial charge < -0.3 is 9.88 Å². The molecule has 1 aromatic carbocycles. The normalized spacial score (nSPS) is 10.4. The maximum atomic E-state index is 13.0. The monoisotopic (exact) mass is 263 g/mol. The molecule has 0 bridgehead atoms. The summed E-state index contributed by atoms with van der Waals surface area (Å²) >= 11 is 0. The molecule has 1 N–H and O–H groups in total. The van der Waals surface area contributed by atoms with Crippen LogP contribution in [-0.2, 0) is 13.1 Å². The molecule has 6 heteroatoms. The van der Waals surface area contributed by atoms with Crippen molar-refractivity contribution in [2.75, 3.05) is 5.32 Å². The summed E-state index contributed by atoms with van der Waals surface area (Å²) in [6.07, 6.45) is 1.94. The number of nitrogens with one attached hydrogen (secondary N) is 1. The number of hydrogen-bond acceptors (Lipinski definition) is 3. The van der Waals surface area contributed by atoms with Crippen molar-refractivity contribution in [3.8, 4) is 0 Å². The maximum Gasteiger partial charge on any atom is 0.295 e. The molecule has 0 spiro atoms. The van der Waals surface area contributed by atoms with E-state index in [0.29, 0.717) is 12.2 Å². The summed E-state index contributed by atoms with van der Waals surface area (Å²) in [5.74, 6) is -0.616. The molecule has 100 valence electrons. The molecule has 0 aliphatic rings. The van der Waals surface area contributed by atoms with Gasteiger partial charge in [-0.1, -0.05) is 0 Å². The summed E-state index contributed by atoms with van der Waals surface area (Å²) in [5, 5.41) is 13.8. The molecule has 0 atom stereocenters. The number of rotatable bonds is 5. The van der Waals surface area contributed by atoms with E-state index >= 15 is 0 Å². The minimum absolute atomic E-state index is 0.255.